The topological polar surface area (TPSA) is 78.5 Å². The van der Waals surface area contributed by atoms with Gasteiger partial charge in [-0.3, -0.25) is 9.89 Å². The second kappa shape index (κ2) is 6.80. The number of aromatic hydroxyl groups is 1. The maximum atomic E-state index is 13.2. The van der Waals surface area contributed by atoms with Crippen LogP contribution in [-0.2, 0) is 4.74 Å². The van der Waals surface area contributed by atoms with Crippen molar-refractivity contribution in [3.63, 3.8) is 0 Å². The molecule has 0 unspecified atom stereocenters. The molecule has 1 aromatic heterocycles. The first-order chi connectivity index (χ1) is 13.7. The molecule has 6 nitrogen and oxygen atoms in total. The third-order valence-electron chi connectivity index (χ3n) is 5.56. The average Bonchev–Trinajstić information content (AvgIpc) is 3.43. The van der Waals surface area contributed by atoms with Crippen LogP contribution in [-0.4, -0.2) is 45.4 Å². The molecule has 3 heterocycles. The van der Waals surface area contributed by atoms with Crippen LogP contribution in [0.25, 0.3) is 11.3 Å². The summed E-state index contributed by atoms with van der Waals surface area (Å²) in [6.45, 7) is 1.29. The van der Waals surface area contributed by atoms with Gasteiger partial charge in [0.2, 0.25) is 0 Å². The van der Waals surface area contributed by atoms with Gasteiger partial charge in [0.05, 0.1) is 12.1 Å². The predicted molar refractivity (Wildman–Crippen MR) is 104 cm³/mol. The van der Waals surface area contributed by atoms with Gasteiger partial charge >= 0.3 is 0 Å². The Hall–Kier alpha value is -3.12. The van der Waals surface area contributed by atoms with Crippen LogP contribution in [0, 0.1) is 0 Å². The van der Waals surface area contributed by atoms with Crippen LogP contribution in [0.15, 0.2) is 54.6 Å². The summed E-state index contributed by atoms with van der Waals surface area (Å²) in [6.07, 6.45) is 2.04. The largest absolute Gasteiger partial charge is 0.507 e. The molecular formula is C22H21N3O3. The van der Waals surface area contributed by atoms with E-state index in [-0.39, 0.29) is 23.8 Å². The van der Waals surface area contributed by atoms with E-state index in [0.29, 0.717) is 23.5 Å². The van der Waals surface area contributed by atoms with Crippen molar-refractivity contribution in [1.29, 1.82) is 0 Å². The number of rotatable bonds is 4. The van der Waals surface area contributed by atoms with Crippen LogP contribution >= 0.6 is 0 Å². The lowest BCUT2D eigenvalue weighted by molar-refractivity contribution is 0.0495. The number of aromatic nitrogens is 2. The monoisotopic (exact) mass is 375 g/mol. The zero-order chi connectivity index (χ0) is 19.1. The molecule has 0 bridgehead atoms. The Labute approximate surface area is 162 Å². The van der Waals surface area contributed by atoms with E-state index in [1.54, 1.807) is 12.1 Å². The predicted octanol–water partition coefficient (Wildman–Crippen LogP) is 3.51. The molecule has 2 aliphatic heterocycles. The molecule has 5 rings (SSSR count). The number of carbonyl (C=O) groups is 1. The zero-order valence-corrected chi connectivity index (χ0v) is 15.3. The summed E-state index contributed by atoms with van der Waals surface area (Å²) < 4.78 is 5.80. The Bertz CT molecular complexity index is 1010. The lowest BCUT2D eigenvalue weighted by atomic mass is 9.95. The van der Waals surface area contributed by atoms with Gasteiger partial charge in [-0.15, -0.1) is 0 Å². The van der Waals surface area contributed by atoms with Gasteiger partial charge in [-0.25, -0.2) is 0 Å². The van der Waals surface area contributed by atoms with Crippen molar-refractivity contribution in [1.82, 2.24) is 15.1 Å². The minimum atomic E-state index is -0.263. The smallest absolute Gasteiger partial charge is 0.273 e. The summed E-state index contributed by atoms with van der Waals surface area (Å²) >= 11 is 0. The number of aromatic amines is 1. The minimum absolute atomic E-state index is 0.0562. The van der Waals surface area contributed by atoms with Gasteiger partial charge in [-0.1, -0.05) is 42.5 Å². The second-order valence-electron chi connectivity index (χ2n) is 7.28. The van der Waals surface area contributed by atoms with E-state index in [9.17, 15) is 9.90 Å². The first-order valence-electron chi connectivity index (χ1n) is 9.58. The molecule has 2 aromatic carbocycles. The summed E-state index contributed by atoms with van der Waals surface area (Å²) in [6, 6.07) is 16.8. The highest BCUT2D eigenvalue weighted by Crippen LogP contribution is 2.44. The van der Waals surface area contributed by atoms with Gasteiger partial charge in [-0.05, 0) is 30.5 Å². The lowest BCUT2D eigenvalue weighted by Gasteiger charge is -2.28. The molecule has 0 radical (unpaired) electrons. The molecule has 6 heteroatoms. The van der Waals surface area contributed by atoms with Gasteiger partial charge < -0.3 is 14.7 Å². The Morgan fingerprint density at radius 3 is 2.68 bits per heavy atom. The number of nitrogens with zero attached hydrogens (tertiary/aromatic N) is 2. The lowest BCUT2D eigenvalue weighted by Crippen LogP contribution is -2.36. The van der Waals surface area contributed by atoms with E-state index in [0.717, 1.165) is 30.6 Å². The minimum Gasteiger partial charge on any atom is -0.507 e. The van der Waals surface area contributed by atoms with E-state index >= 15 is 0 Å². The van der Waals surface area contributed by atoms with Crippen LogP contribution in [0.5, 0.6) is 5.75 Å². The number of phenols is 1. The van der Waals surface area contributed by atoms with Crippen molar-refractivity contribution in [2.24, 2.45) is 0 Å². The average molecular weight is 375 g/mol. The van der Waals surface area contributed by atoms with E-state index < -0.39 is 0 Å². The number of ether oxygens (including phenoxy) is 1. The molecule has 2 atom stereocenters. The highest BCUT2D eigenvalue weighted by atomic mass is 16.5. The van der Waals surface area contributed by atoms with E-state index in [1.165, 1.54) is 0 Å². The van der Waals surface area contributed by atoms with Gasteiger partial charge in [0.1, 0.15) is 17.1 Å². The summed E-state index contributed by atoms with van der Waals surface area (Å²) in [7, 11) is 0. The van der Waals surface area contributed by atoms with Crippen LogP contribution in [0.1, 0.15) is 40.5 Å². The second-order valence-corrected chi connectivity index (χ2v) is 7.28. The van der Waals surface area contributed by atoms with Crippen LogP contribution in [0.3, 0.4) is 0 Å². The fourth-order valence-electron chi connectivity index (χ4n) is 4.25. The van der Waals surface area contributed by atoms with Crippen molar-refractivity contribution in [2.75, 3.05) is 13.2 Å². The van der Waals surface area contributed by atoms with Gasteiger partial charge in [0.15, 0.2) is 0 Å². The number of hydrogen-bond acceptors (Lipinski definition) is 4. The number of phenolic OH excluding ortho intramolecular Hbond substituents is 1. The van der Waals surface area contributed by atoms with Crippen LogP contribution in [0.4, 0.5) is 0 Å². The number of hydrogen-bond donors (Lipinski definition) is 2. The molecule has 2 N–H and O–H groups in total. The molecule has 1 amide bonds. The van der Waals surface area contributed by atoms with Crippen molar-refractivity contribution in [3.05, 3.63) is 71.4 Å². The van der Waals surface area contributed by atoms with Crippen molar-refractivity contribution in [2.45, 2.75) is 25.0 Å². The molecule has 2 aliphatic rings. The Morgan fingerprint density at radius 2 is 1.93 bits per heavy atom. The number of fused-ring (bicyclic) bond motifs is 1. The third kappa shape index (κ3) is 2.68. The fraction of sp³-hybridized carbons (Fsp3) is 0.273. The number of carbonyl (C=O) groups excluding carboxylic acids is 1. The Kier molecular flexibility index (Phi) is 4.13. The molecule has 142 valence electrons. The maximum absolute atomic E-state index is 13.2. The molecule has 1 saturated heterocycles. The Morgan fingerprint density at radius 1 is 1.14 bits per heavy atom. The molecule has 1 fully saturated rings. The van der Waals surface area contributed by atoms with Crippen molar-refractivity contribution in [3.8, 4) is 17.0 Å². The van der Waals surface area contributed by atoms with E-state index in [1.807, 2.05) is 47.4 Å². The SMILES string of the molecule is O=C1c2[nH]nc(-c3ccccc3O)c2[C@@H](c2ccccc2)N1C[C@H]1CCCO1. The maximum Gasteiger partial charge on any atom is 0.273 e. The summed E-state index contributed by atoms with van der Waals surface area (Å²) in [4.78, 5) is 15.1. The molecule has 0 spiro atoms. The van der Waals surface area contributed by atoms with E-state index in [4.69, 9.17) is 4.74 Å². The quantitative estimate of drug-likeness (QED) is 0.731. The zero-order valence-electron chi connectivity index (χ0n) is 15.3. The molecular weight excluding hydrogens is 354 g/mol. The number of amides is 1. The summed E-state index contributed by atoms with van der Waals surface area (Å²) in [5.41, 5.74) is 3.56. The standard InChI is InChI=1S/C22H21N3O3/c26-17-11-5-4-10-16(17)19-18-20(24-23-19)22(27)25(13-15-9-6-12-28-15)21(18)14-7-2-1-3-8-14/h1-5,7-8,10-11,15,21,26H,6,9,12-13H2,(H,23,24)/t15-,21-/m1/s1. The normalized spacial score (nSPS) is 21.3. The van der Waals surface area contributed by atoms with Gasteiger partial charge in [0.25, 0.3) is 5.91 Å². The number of para-hydroxylation sites is 1. The first-order valence-corrected chi connectivity index (χ1v) is 9.58. The van der Waals surface area contributed by atoms with Crippen molar-refractivity contribution >= 4 is 5.91 Å². The molecule has 0 saturated carbocycles. The fourth-order valence-corrected chi connectivity index (χ4v) is 4.25. The molecule has 3 aromatic rings. The summed E-state index contributed by atoms with van der Waals surface area (Å²) in [5.74, 6) is 0.0714. The first kappa shape index (κ1) is 17.0. The Balaban J connectivity index is 1.64. The summed E-state index contributed by atoms with van der Waals surface area (Å²) in [5, 5.41) is 17.7. The molecule has 0 aliphatic carbocycles. The highest BCUT2D eigenvalue weighted by molar-refractivity contribution is 6.00. The van der Waals surface area contributed by atoms with Crippen LogP contribution in [0.2, 0.25) is 0 Å². The van der Waals surface area contributed by atoms with Gasteiger partial charge in [-0.2, -0.15) is 5.10 Å². The van der Waals surface area contributed by atoms with Crippen LogP contribution < -0.4 is 0 Å². The van der Waals surface area contributed by atoms with E-state index in [2.05, 4.69) is 10.2 Å². The highest BCUT2D eigenvalue weighted by Gasteiger charge is 2.43. The number of benzene rings is 2. The number of H-pyrrole nitrogens is 1. The third-order valence-corrected chi connectivity index (χ3v) is 5.56. The molecule has 28 heavy (non-hydrogen) atoms. The van der Waals surface area contributed by atoms with Gasteiger partial charge in [0, 0.05) is 24.3 Å². The number of nitrogens with one attached hydrogen (secondary N) is 1. The van der Waals surface area contributed by atoms with Crippen molar-refractivity contribution < 1.29 is 14.6 Å².